The van der Waals surface area contributed by atoms with Gasteiger partial charge < -0.3 is 10.1 Å². The lowest BCUT2D eigenvalue weighted by molar-refractivity contribution is 0.129. The molecule has 1 aliphatic heterocycles. The number of hydrogen-bond donors (Lipinski definition) is 1. The molecule has 2 aromatic carbocycles. The van der Waals surface area contributed by atoms with Gasteiger partial charge in [-0.1, -0.05) is 0 Å². The van der Waals surface area contributed by atoms with Crippen LogP contribution in [0.2, 0.25) is 0 Å². The number of rotatable bonds is 5. The highest BCUT2D eigenvalue weighted by molar-refractivity contribution is 7.99. The molecule has 1 N–H and O–H groups in total. The van der Waals surface area contributed by atoms with Crippen molar-refractivity contribution < 1.29 is 4.74 Å². The SMILES string of the molecule is c1cc(Nc2ccc3scnc3c2)c2cc(SCC3CCCO3)ccc2n1. The van der Waals surface area contributed by atoms with Crippen molar-refractivity contribution in [3.05, 3.63) is 54.2 Å². The Kier molecular flexibility index (Phi) is 4.69. The van der Waals surface area contributed by atoms with Crippen molar-refractivity contribution in [2.75, 3.05) is 17.7 Å². The molecule has 1 fully saturated rings. The minimum Gasteiger partial charge on any atom is -0.377 e. The molecular weight excluding hydrogens is 374 g/mol. The summed E-state index contributed by atoms with van der Waals surface area (Å²) >= 11 is 3.52. The first kappa shape index (κ1) is 17.0. The zero-order chi connectivity index (χ0) is 18.1. The van der Waals surface area contributed by atoms with Crippen molar-refractivity contribution in [1.82, 2.24) is 9.97 Å². The maximum atomic E-state index is 5.74. The molecule has 2 aromatic heterocycles. The summed E-state index contributed by atoms with van der Waals surface area (Å²) in [5.41, 5.74) is 6.01. The summed E-state index contributed by atoms with van der Waals surface area (Å²) in [4.78, 5) is 10.2. The molecule has 1 aliphatic rings. The van der Waals surface area contributed by atoms with Crippen LogP contribution in [0.4, 0.5) is 11.4 Å². The highest BCUT2D eigenvalue weighted by atomic mass is 32.2. The fourth-order valence-corrected chi connectivity index (χ4v) is 5.05. The standard InChI is InChI=1S/C21H19N3OS2/c1-2-15(25-9-1)12-26-16-4-5-18-17(11-16)19(7-8-22-18)24-14-3-6-21-20(10-14)23-13-27-21/h3-8,10-11,13,15H,1-2,9,12H2,(H,22,24). The van der Waals surface area contributed by atoms with E-state index in [9.17, 15) is 0 Å². The molecule has 136 valence electrons. The Morgan fingerprint density at radius 1 is 1.11 bits per heavy atom. The zero-order valence-corrected chi connectivity index (χ0v) is 16.4. The van der Waals surface area contributed by atoms with Gasteiger partial charge in [0.1, 0.15) is 0 Å². The molecule has 27 heavy (non-hydrogen) atoms. The maximum absolute atomic E-state index is 5.74. The summed E-state index contributed by atoms with van der Waals surface area (Å²) in [7, 11) is 0. The van der Waals surface area contributed by atoms with E-state index in [1.165, 1.54) is 22.4 Å². The number of aromatic nitrogens is 2. The second-order valence-corrected chi connectivity index (χ2v) is 8.62. The quantitative estimate of drug-likeness (QED) is 0.430. The Bertz CT molecular complexity index is 1090. The van der Waals surface area contributed by atoms with Gasteiger partial charge >= 0.3 is 0 Å². The van der Waals surface area contributed by atoms with Gasteiger partial charge in [0.2, 0.25) is 0 Å². The zero-order valence-electron chi connectivity index (χ0n) is 14.7. The minimum absolute atomic E-state index is 0.391. The third kappa shape index (κ3) is 3.65. The summed E-state index contributed by atoms with van der Waals surface area (Å²) in [5.74, 6) is 1.01. The molecule has 0 aliphatic carbocycles. The second-order valence-electron chi connectivity index (χ2n) is 6.64. The number of hydrogen-bond acceptors (Lipinski definition) is 6. The predicted molar refractivity (Wildman–Crippen MR) is 114 cm³/mol. The van der Waals surface area contributed by atoms with Crippen LogP contribution in [0.15, 0.2) is 59.1 Å². The minimum atomic E-state index is 0.391. The van der Waals surface area contributed by atoms with Crippen molar-refractivity contribution in [1.29, 1.82) is 0 Å². The lowest BCUT2D eigenvalue weighted by Gasteiger charge is -2.12. The predicted octanol–water partition coefficient (Wildman–Crippen LogP) is 5.86. The summed E-state index contributed by atoms with van der Waals surface area (Å²) in [6.07, 6.45) is 4.60. The second kappa shape index (κ2) is 7.46. The Balaban J connectivity index is 1.42. The van der Waals surface area contributed by atoms with Gasteiger partial charge in [-0.3, -0.25) is 4.98 Å². The molecular formula is C21H19N3OS2. The largest absolute Gasteiger partial charge is 0.377 e. The molecule has 6 heteroatoms. The van der Waals surface area contributed by atoms with Crippen LogP contribution in [0.1, 0.15) is 12.8 Å². The normalized spacial score (nSPS) is 17.0. The average molecular weight is 394 g/mol. The van der Waals surface area contributed by atoms with E-state index in [0.29, 0.717) is 6.10 Å². The molecule has 0 saturated carbocycles. The van der Waals surface area contributed by atoms with Gasteiger partial charge in [-0.25, -0.2) is 4.98 Å². The van der Waals surface area contributed by atoms with Gasteiger partial charge in [-0.2, -0.15) is 0 Å². The van der Waals surface area contributed by atoms with Crippen LogP contribution < -0.4 is 5.32 Å². The molecule has 1 unspecified atom stereocenters. The van der Waals surface area contributed by atoms with Gasteiger partial charge in [-0.15, -0.1) is 23.1 Å². The van der Waals surface area contributed by atoms with E-state index >= 15 is 0 Å². The molecule has 4 nitrogen and oxygen atoms in total. The van der Waals surface area contributed by atoms with E-state index in [1.807, 2.05) is 29.5 Å². The van der Waals surface area contributed by atoms with Crippen molar-refractivity contribution in [3.8, 4) is 0 Å². The van der Waals surface area contributed by atoms with Crippen LogP contribution in [-0.4, -0.2) is 28.4 Å². The van der Waals surface area contributed by atoms with Crippen molar-refractivity contribution in [3.63, 3.8) is 0 Å². The van der Waals surface area contributed by atoms with E-state index < -0.39 is 0 Å². The third-order valence-electron chi connectivity index (χ3n) is 4.78. The molecule has 0 radical (unpaired) electrons. The number of nitrogens with zero attached hydrogens (tertiary/aromatic N) is 2. The van der Waals surface area contributed by atoms with Crippen molar-refractivity contribution in [2.24, 2.45) is 0 Å². The molecule has 5 rings (SSSR count). The third-order valence-corrected chi connectivity index (χ3v) is 6.72. The van der Waals surface area contributed by atoms with Crippen LogP contribution in [0.5, 0.6) is 0 Å². The van der Waals surface area contributed by atoms with Gasteiger partial charge in [0.25, 0.3) is 0 Å². The number of thioether (sulfide) groups is 1. The van der Waals surface area contributed by atoms with Crippen LogP contribution >= 0.6 is 23.1 Å². The molecule has 0 bridgehead atoms. The monoisotopic (exact) mass is 393 g/mol. The Labute approximate surface area is 166 Å². The first-order valence-corrected chi connectivity index (χ1v) is 11.0. The molecule has 1 saturated heterocycles. The first-order valence-electron chi connectivity index (χ1n) is 9.09. The molecule has 0 amide bonds. The fraction of sp³-hybridized carbons (Fsp3) is 0.238. The van der Waals surface area contributed by atoms with Crippen molar-refractivity contribution in [2.45, 2.75) is 23.8 Å². The fourth-order valence-electron chi connectivity index (χ4n) is 3.38. The Morgan fingerprint density at radius 2 is 2.11 bits per heavy atom. The van der Waals surface area contributed by atoms with E-state index in [4.69, 9.17) is 4.74 Å². The molecule has 3 heterocycles. The molecule has 1 atom stereocenters. The van der Waals surface area contributed by atoms with Gasteiger partial charge in [0, 0.05) is 40.2 Å². The Hall–Kier alpha value is -2.15. The number of benzene rings is 2. The van der Waals surface area contributed by atoms with Crippen LogP contribution in [0.25, 0.3) is 21.1 Å². The highest BCUT2D eigenvalue weighted by Crippen LogP contribution is 2.31. The first-order chi connectivity index (χ1) is 13.3. The number of ether oxygens (including phenoxy) is 1. The van der Waals surface area contributed by atoms with Crippen LogP contribution in [-0.2, 0) is 4.74 Å². The van der Waals surface area contributed by atoms with E-state index in [1.54, 1.807) is 11.3 Å². The Morgan fingerprint density at radius 3 is 3.04 bits per heavy atom. The van der Waals surface area contributed by atoms with Crippen LogP contribution in [0, 0.1) is 0 Å². The summed E-state index contributed by atoms with van der Waals surface area (Å²) < 4.78 is 6.94. The van der Waals surface area contributed by atoms with Gasteiger partial charge in [0.05, 0.1) is 27.3 Å². The number of thiazole rings is 1. The van der Waals surface area contributed by atoms with Crippen LogP contribution in [0.3, 0.4) is 0 Å². The summed E-state index contributed by atoms with van der Waals surface area (Å²) in [5, 5.41) is 4.68. The average Bonchev–Trinajstić information content (AvgIpc) is 3.38. The summed E-state index contributed by atoms with van der Waals surface area (Å²) in [6, 6.07) is 14.8. The highest BCUT2D eigenvalue weighted by Gasteiger charge is 2.15. The molecule has 4 aromatic rings. The van der Waals surface area contributed by atoms with E-state index in [2.05, 4.69) is 51.7 Å². The number of fused-ring (bicyclic) bond motifs is 2. The number of pyridine rings is 1. The van der Waals surface area contributed by atoms with Crippen molar-refractivity contribution >= 4 is 55.6 Å². The lowest BCUT2D eigenvalue weighted by Crippen LogP contribution is -2.07. The maximum Gasteiger partial charge on any atom is 0.0832 e. The molecule has 0 spiro atoms. The van der Waals surface area contributed by atoms with E-state index in [0.717, 1.165) is 40.2 Å². The lowest BCUT2D eigenvalue weighted by atomic mass is 10.2. The number of anilines is 2. The smallest absolute Gasteiger partial charge is 0.0832 e. The van der Waals surface area contributed by atoms with Gasteiger partial charge in [-0.05, 0) is 55.3 Å². The van der Waals surface area contributed by atoms with E-state index in [-0.39, 0.29) is 0 Å². The summed E-state index contributed by atoms with van der Waals surface area (Å²) in [6.45, 7) is 0.907. The topological polar surface area (TPSA) is 47.0 Å². The van der Waals surface area contributed by atoms with Gasteiger partial charge in [0.15, 0.2) is 0 Å². The number of nitrogens with one attached hydrogen (secondary N) is 1.